The summed E-state index contributed by atoms with van der Waals surface area (Å²) in [6, 6.07) is 12.9. The van der Waals surface area contributed by atoms with E-state index in [2.05, 4.69) is 18.8 Å². The van der Waals surface area contributed by atoms with Gasteiger partial charge in [-0.05, 0) is 61.9 Å². The van der Waals surface area contributed by atoms with Crippen molar-refractivity contribution in [3.05, 3.63) is 70.6 Å². The highest BCUT2D eigenvalue weighted by atomic mass is 32.2. The quantitative estimate of drug-likeness (QED) is 0.0828. The van der Waals surface area contributed by atoms with Gasteiger partial charge in [-0.1, -0.05) is 76.6 Å². The van der Waals surface area contributed by atoms with Crippen LogP contribution < -0.4 is 14.3 Å². The molecule has 3 rings (SSSR count). The van der Waals surface area contributed by atoms with E-state index >= 15 is 0 Å². The monoisotopic (exact) mass is 605 g/mol. The minimum atomic E-state index is -3.66. The zero-order valence-corrected chi connectivity index (χ0v) is 27.1. The number of hydrogen-bond donors (Lipinski definition) is 0. The van der Waals surface area contributed by atoms with E-state index in [1.54, 1.807) is 25.1 Å². The minimum absolute atomic E-state index is 0.0442. The van der Waals surface area contributed by atoms with Crippen molar-refractivity contribution in [3.8, 4) is 45.6 Å². The second kappa shape index (κ2) is 17.6. The molecule has 7 heteroatoms. The van der Waals surface area contributed by atoms with Crippen molar-refractivity contribution in [2.24, 2.45) is 7.05 Å². The maximum atomic E-state index is 14.0. The molecule has 0 aliphatic rings. The van der Waals surface area contributed by atoms with Crippen LogP contribution in [0.5, 0.6) is 11.5 Å². The average molecular weight is 606 g/mol. The third-order valence-electron chi connectivity index (χ3n) is 7.28. The molecule has 0 atom stereocenters. The summed E-state index contributed by atoms with van der Waals surface area (Å²) < 4.78 is 38.0. The first-order chi connectivity index (χ1) is 20.8. The topological polar surface area (TPSA) is 74.6 Å². The van der Waals surface area contributed by atoms with E-state index in [0.717, 1.165) is 42.4 Å². The summed E-state index contributed by atoms with van der Waals surface area (Å²) in [5.74, 6) is 7.01. The highest BCUT2D eigenvalue weighted by Crippen LogP contribution is 2.32. The van der Waals surface area contributed by atoms with Gasteiger partial charge in [-0.15, -0.1) is 11.8 Å². The van der Waals surface area contributed by atoms with Crippen molar-refractivity contribution in [2.45, 2.75) is 91.4 Å². The number of hydrogen-bond acceptors (Lipinski definition) is 5. The molecular formula is C36H47NO5S. The Morgan fingerprint density at radius 3 is 2.19 bits per heavy atom. The highest BCUT2D eigenvalue weighted by molar-refractivity contribution is 7.87. The number of nitrogens with zero attached hydrogens (tertiary/aromatic N) is 1. The fraction of sp³-hybridized carbons (Fsp3) is 0.472. The lowest BCUT2D eigenvalue weighted by molar-refractivity contribution is 0.305. The summed E-state index contributed by atoms with van der Waals surface area (Å²) >= 11 is 0. The molecule has 0 amide bonds. The van der Waals surface area contributed by atoms with Gasteiger partial charge in [-0.3, -0.25) is 4.79 Å². The number of benzene rings is 2. The molecule has 0 fully saturated rings. The third kappa shape index (κ3) is 10.6. The van der Waals surface area contributed by atoms with Crippen LogP contribution in [-0.4, -0.2) is 25.3 Å². The van der Waals surface area contributed by atoms with Crippen LogP contribution in [0, 0.1) is 11.8 Å². The van der Waals surface area contributed by atoms with Crippen molar-refractivity contribution in [3.63, 3.8) is 0 Å². The molecule has 3 aromatic rings. The average Bonchev–Trinajstić information content (AvgIpc) is 2.97. The SMILES string of the molecule is CC#CCCCCCCCCCOc1ccccc1-c1cn(C)cc(-c2ccc(OS(=O)(=O)CCC)cc2CCC)c1=O. The van der Waals surface area contributed by atoms with Crippen LogP contribution in [0.15, 0.2) is 59.7 Å². The summed E-state index contributed by atoms with van der Waals surface area (Å²) in [5.41, 5.74) is 3.45. The predicted molar refractivity (Wildman–Crippen MR) is 177 cm³/mol. The van der Waals surface area contributed by atoms with Crippen LogP contribution in [0.3, 0.4) is 0 Å². The number of para-hydroxylation sites is 1. The number of rotatable bonds is 18. The molecule has 43 heavy (non-hydrogen) atoms. The fourth-order valence-electron chi connectivity index (χ4n) is 5.21. The van der Waals surface area contributed by atoms with Crippen LogP contribution in [0.25, 0.3) is 22.3 Å². The molecule has 0 saturated carbocycles. The Morgan fingerprint density at radius 2 is 1.49 bits per heavy atom. The number of aromatic nitrogens is 1. The minimum Gasteiger partial charge on any atom is -0.493 e. The maximum Gasteiger partial charge on any atom is 0.309 e. The van der Waals surface area contributed by atoms with Crippen molar-refractivity contribution in [1.82, 2.24) is 4.57 Å². The van der Waals surface area contributed by atoms with Gasteiger partial charge >= 0.3 is 10.1 Å². The van der Waals surface area contributed by atoms with E-state index in [1.165, 1.54) is 32.1 Å². The molecule has 1 aromatic heterocycles. The second-order valence-corrected chi connectivity index (χ2v) is 12.7. The zero-order chi connectivity index (χ0) is 31.1. The summed E-state index contributed by atoms with van der Waals surface area (Å²) in [7, 11) is -1.76. The Hall–Kier alpha value is -3.50. The van der Waals surface area contributed by atoms with Gasteiger partial charge in [0.1, 0.15) is 11.5 Å². The molecule has 0 aliphatic carbocycles. The van der Waals surface area contributed by atoms with Gasteiger partial charge in [0.15, 0.2) is 5.43 Å². The van der Waals surface area contributed by atoms with Crippen molar-refractivity contribution >= 4 is 10.1 Å². The van der Waals surface area contributed by atoms with Crippen molar-refractivity contribution in [1.29, 1.82) is 0 Å². The number of unbranched alkanes of at least 4 members (excludes halogenated alkanes) is 7. The largest absolute Gasteiger partial charge is 0.493 e. The number of aryl methyl sites for hydroxylation is 2. The lowest BCUT2D eigenvalue weighted by Gasteiger charge is -2.16. The van der Waals surface area contributed by atoms with Gasteiger partial charge in [0.05, 0.1) is 12.4 Å². The van der Waals surface area contributed by atoms with Crippen molar-refractivity contribution < 1.29 is 17.3 Å². The van der Waals surface area contributed by atoms with E-state index in [4.69, 9.17) is 8.92 Å². The first kappa shape index (κ1) is 34.0. The lowest BCUT2D eigenvalue weighted by atomic mass is 9.95. The van der Waals surface area contributed by atoms with Crippen LogP contribution in [0.4, 0.5) is 0 Å². The standard InChI is InChI=1S/C36H47NO5S/c1-5-8-9-10-11-12-13-14-15-18-24-41-35-21-17-16-20-32(35)34-28-37(4)27-33(36(34)38)31-23-22-30(26-29(31)19-6-2)42-43(39,40)25-7-3/h16-17,20-23,26-28H,6-7,9-15,18-19,24-25H2,1-4H3. The van der Waals surface area contributed by atoms with Crippen LogP contribution in [0.1, 0.15) is 90.5 Å². The zero-order valence-electron chi connectivity index (χ0n) is 26.3. The molecule has 1 heterocycles. The Labute approximate surface area is 258 Å². The Bertz CT molecular complexity index is 1550. The molecule has 0 unspecified atom stereocenters. The van der Waals surface area contributed by atoms with E-state index in [9.17, 15) is 13.2 Å². The van der Waals surface area contributed by atoms with Crippen LogP contribution in [0.2, 0.25) is 0 Å². The van der Waals surface area contributed by atoms with Gasteiger partial charge < -0.3 is 13.5 Å². The molecule has 0 N–H and O–H groups in total. The molecule has 0 radical (unpaired) electrons. The molecule has 6 nitrogen and oxygen atoms in total. The van der Waals surface area contributed by atoms with Gasteiger partial charge in [-0.25, -0.2) is 0 Å². The smallest absolute Gasteiger partial charge is 0.309 e. The second-order valence-electron chi connectivity index (χ2n) is 11.0. The molecule has 2 aromatic carbocycles. The summed E-state index contributed by atoms with van der Waals surface area (Å²) in [6.45, 7) is 6.35. The molecule has 0 spiro atoms. The first-order valence-corrected chi connectivity index (χ1v) is 17.2. The van der Waals surface area contributed by atoms with Crippen LogP contribution >= 0.6 is 0 Å². The van der Waals surface area contributed by atoms with Gasteiger partial charge in [0.2, 0.25) is 0 Å². The Morgan fingerprint density at radius 1 is 0.814 bits per heavy atom. The molecule has 0 bridgehead atoms. The summed E-state index contributed by atoms with van der Waals surface area (Å²) in [6.07, 6.45) is 14.9. The summed E-state index contributed by atoms with van der Waals surface area (Å²) in [4.78, 5) is 14.0. The normalized spacial score (nSPS) is 11.2. The third-order valence-corrected chi connectivity index (χ3v) is 8.63. The van der Waals surface area contributed by atoms with Crippen molar-refractivity contribution in [2.75, 3.05) is 12.4 Å². The van der Waals surface area contributed by atoms with Gasteiger partial charge in [0.25, 0.3) is 0 Å². The van der Waals surface area contributed by atoms with Crippen LogP contribution in [-0.2, 0) is 23.6 Å². The summed E-state index contributed by atoms with van der Waals surface area (Å²) in [5, 5.41) is 0. The number of ether oxygens (including phenoxy) is 1. The predicted octanol–water partition coefficient (Wildman–Crippen LogP) is 8.31. The van der Waals surface area contributed by atoms with E-state index in [1.807, 2.05) is 55.2 Å². The molecule has 0 aliphatic heterocycles. The maximum absolute atomic E-state index is 14.0. The fourth-order valence-corrected chi connectivity index (χ4v) is 6.19. The molecular weight excluding hydrogens is 558 g/mol. The van der Waals surface area contributed by atoms with E-state index < -0.39 is 10.1 Å². The molecule has 0 saturated heterocycles. The Kier molecular flexibility index (Phi) is 13.9. The van der Waals surface area contributed by atoms with E-state index in [0.29, 0.717) is 36.3 Å². The van der Waals surface area contributed by atoms with E-state index in [-0.39, 0.29) is 16.9 Å². The number of pyridine rings is 1. The first-order valence-electron chi connectivity index (χ1n) is 15.7. The molecule has 232 valence electrons. The Balaban J connectivity index is 1.77. The lowest BCUT2D eigenvalue weighted by Crippen LogP contribution is -2.14. The van der Waals surface area contributed by atoms with Gasteiger partial charge in [-0.2, -0.15) is 8.42 Å². The highest BCUT2D eigenvalue weighted by Gasteiger charge is 2.18. The van der Waals surface area contributed by atoms with Gasteiger partial charge in [0, 0.05) is 42.6 Å².